The van der Waals surface area contributed by atoms with Crippen molar-refractivity contribution >= 4 is 29.9 Å². The summed E-state index contributed by atoms with van der Waals surface area (Å²) in [7, 11) is 1.66. The van der Waals surface area contributed by atoms with Gasteiger partial charge in [-0.3, -0.25) is 4.99 Å². The van der Waals surface area contributed by atoms with E-state index < -0.39 is 0 Å². The Bertz CT molecular complexity index is 662. The van der Waals surface area contributed by atoms with Gasteiger partial charge in [-0.1, -0.05) is 6.07 Å². The summed E-state index contributed by atoms with van der Waals surface area (Å²) in [5.41, 5.74) is 0. The quantitative estimate of drug-likeness (QED) is 0.201. The van der Waals surface area contributed by atoms with E-state index in [1.165, 1.54) is 12.8 Å². The van der Waals surface area contributed by atoms with Gasteiger partial charge in [0.05, 0.1) is 32.5 Å². The van der Waals surface area contributed by atoms with E-state index in [0.29, 0.717) is 18.8 Å². The SMILES string of the molecule is CCNC(=NCCCOc1cccc(OC)c1)N1CCC(OCC2CCCCO2)CC1.I. The van der Waals surface area contributed by atoms with E-state index >= 15 is 0 Å². The van der Waals surface area contributed by atoms with Gasteiger partial charge in [0, 0.05) is 45.3 Å². The van der Waals surface area contributed by atoms with Crippen LogP contribution in [0, 0.1) is 0 Å². The molecule has 0 aliphatic carbocycles. The van der Waals surface area contributed by atoms with Crippen molar-refractivity contribution in [2.24, 2.45) is 4.99 Å². The molecular formula is C24H40IN3O4. The van der Waals surface area contributed by atoms with Gasteiger partial charge in [0.15, 0.2) is 5.96 Å². The van der Waals surface area contributed by atoms with E-state index in [-0.39, 0.29) is 24.0 Å². The first-order valence-corrected chi connectivity index (χ1v) is 11.8. The van der Waals surface area contributed by atoms with Crippen LogP contribution in [0.2, 0.25) is 0 Å². The molecule has 1 unspecified atom stereocenters. The molecule has 1 aromatic rings. The normalized spacial score (nSPS) is 19.9. The lowest BCUT2D eigenvalue weighted by Crippen LogP contribution is -2.47. The van der Waals surface area contributed by atoms with Crippen LogP contribution in [0.3, 0.4) is 0 Å². The van der Waals surface area contributed by atoms with Crippen LogP contribution in [0.15, 0.2) is 29.3 Å². The lowest BCUT2D eigenvalue weighted by molar-refractivity contribution is -0.0721. The summed E-state index contributed by atoms with van der Waals surface area (Å²) in [5, 5.41) is 3.43. The highest BCUT2D eigenvalue weighted by atomic mass is 127. The number of hydrogen-bond donors (Lipinski definition) is 1. The highest BCUT2D eigenvalue weighted by Crippen LogP contribution is 2.19. The third-order valence-electron chi connectivity index (χ3n) is 5.74. The van der Waals surface area contributed by atoms with Gasteiger partial charge in [-0.05, 0) is 51.2 Å². The zero-order chi connectivity index (χ0) is 21.7. The summed E-state index contributed by atoms with van der Waals surface area (Å²) < 4.78 is 23.0. The Morgan fingerprint density at radius 1 is 1.19 bits per heavy atom. The lowest BCUT2D eigenvalue weighted by Gasteiger charge is -2.35. The number of aliphatic imine (C=N–C) groups is 1. The summed E-state index contributed by atoms with van der Waals surface area (Å²) in [6, 6.07) is 7.70. The zero-order valence-corrected chi connectivity index (χ0v) is 21.9. The van der Waals surface area contributed by atoms with Crippen molar-refractivity contribution in [1.29, 1.82) is 0 Å². The van der Waals surface area contributed by atoms with Gasteiger partial charge in [-0.15, -0.1) is 24.0 Å². The Labute approximate surface area is 210 Å². The summed E-state index contributed by atoms with van der Waals surface area (Å²) in [5.74, 6) is 2.64. The van der Waals surface area contributed by atoms with Crippen LogP contribution in [0.4, 0.5) is 0 Å². The number of guanidine groups is 1. The van der Waals surface area contributed by atoms with E-state index in [4.69, 9.17) is 23.9 Å². The summed E-state index contributed by atoms with van der Waals surface area (Å²) in [4.78, 5) is 7.16. The molecule has 0 spiro atoms. The number of nitrogens with one attached hydrogen (secondary N) is 1. The topological polar surface area (TPSA) is 64.6 Å². The molecule has 2 fully saturated rings. The molecule has 3 rings (SSSR count). The van der Waals surface area contributed by atoms with Gasteiger partial charge >= 0.3 is 0 Å². The van der Waals surface area contributed by atoms with Crippen LogP contribution in [0.1, 0.15) is 45.4 Å². The molecule has 32 heavy (non-hydrogen) atoms. The molecule has 182 valence electrons. The van der Waals surface area contributed by atoms with Gasteiger partial charge in [-0.2, -0.15) is 0 Å². The number of methoxy groups -OCH3 is 1. The fourth-order valence-corrected chi connectivity index (χ4v) is 3.97. The van der Waals surface area contributed by atoms with Crippen molar-refractivity contribution in [3.8, 4) is 11.5 Å². The number of rotatable bonds is 10. The number of likely N-dealkylation sites (tertiary alicyclic amines) is 1. The molecule has 0 aromatic heterocycles. The van der Waals surface area contributed by atoms with Crippen molar-refractivity contribution < 1.29 is 18.9 Å². The summed E-state index contributed by atoms with van der Waals surface area (Å²) in [6.45, 7) is 7.93. The molecule has 0 radical (unpaired) electrons. The van der Waals surface area contributed by atoms with Gasteiger partial charge in [-0.25, -0.2) is 0 Å². The molecule has 2 saturated heterocycles. The molecule has 7 nitrogen and oxygen atoms in total. The van der Waals surface area contributed by atoms with Crippen LogP contribution >= 0.6 is 24.0 Å². The lowest BCUT2D eigenvalue weighted by atomic mass is 10.1. The highest BCUT2D eigenvalue weighted by Gasteiger charge is 2.23. The Morgan fingerprint density at radius 2 is 2.00 bits per heavy atom. The minimum Gasteiger partial charge on any atom is -0.497 e. The average Bonchev–Trinajstić information content (AvgIpc) is 2.83. The predicted molar refractivity (Wildman–Crippen MR) is 139 cm³/mol. The molecule has 2 aliphatic rings. The number of ether oxygens (including phenoxy) is 4. The van der Waals surface area contributed by atoms with Crippen molar-refractivity contribution in [1.82, 2.24) is 10.2 Å². The van der Waals surface area contributed by atoms with Gasteiger partial charge in [0.25, 0.3) is 0 Å². The van der Waals surface area contributed by atoms with E-state index in [9.17, 15) is 0 Å². The Hall–Kier alpha value is -1.26. The predicted octanol–water partition coefficient (Wildman–Crippen LogP) is 4.10. The monoisotopic (exact) mass is 561 g/mol. The van der Waals surface area contributed by atoms with E-state index in [2.05, 4.69) is 17.1 Å². The van der Waals surface area contributed by atoms with Crippen LogP contribution in [0.5, 0.6) is 11.5 Å². The highest BCUT2D eigenvalue weighted by molar-refractivity contribution is 14.0. The second kappa shape index (κ2) is 15.6. The molecular weight excluding hydrogens is 521 g/mol. The fraction of sp³-hybridized carbons (Fsp3) is 0.708. The van der Waals surface area contributed by atoms with Gasteiger partial charge in [0.2, 0.25) is 0 Å². The second-order valence-corrected chi connectivity index (χ2v) is 8.12. The number of nitrogens with zero attached hydrogens (tertiary/aromatic N) is 2. The average molecular weight is 562 g/mol. The Balaban J connectivity index is 0.00000363. The van der Waals surface area contributed by atoms with Crippen molar-refractivity contribution in [2.45, 2.75) is 57.7 Å². The fourth-order valence-electron chi connectivity index (χ4n) is 3.97. The first-order valence-electron chi connectivity index (χ1n) is 11.8. The van der Waals surface area contributed by atoms with Gasteiger partial charge < -0.3 is 29.2 Å². The third kappa shape index (κ3) is 9.31. The first kappa shape index (κ1) is 27.0. The second-order valence-electron chi connectivity index (χ2n) is 8.12. The van der Waals surface area contributed by atoms with Crippen molar-refractivity contribution in [2.75, 3.05) is 53.1 Å². The minimum absolute atomic E-state index is 0. The molecule has 2 heterocycles. The minimum atomic E-state index is 0. The molecule has 0 saturated carbocycles. The smallest absolute Gasteiger partial charge is 0.193 e. The van der Waals surface area contributed by atoms with E-state index in [1.54, 1.807) is 7.11 Å². The molecule has 0 bridgehead atoms. The maximum absolute atomic E-state index is 6.14. The van der Waals surface area contributed by atoms with Crippen LogP contribution in [0.25, 0.3) is 0 Å². The van der Waals surface area contributed by atoms with Crippen molar-refractivity contribution in [3.05, 3.63) is 24.3 Å². The molecule has 1 atom stereocenters. The summed E-state index contributed by atoms with van der Waals surface area (Å²) in [6.07, 6.45) is 7.16. The summed E-state index contributed by atoms with van der Waals surface area (Å²) >= 11 is 0. The number of hydrogen-bond acceptors (Lipinski definition) is 5. The van der Waals surface area contributed by atoms with Crippen LogP contribution in [-0.2, 0) is 9.47 Å². The molecule has 0 amide bonds. The zero-order valence-electron chi connectivity index (χ0n) is 19.6. The van der Waals surface area contributed by atoms with Gasteiger partial charge in [0.1, 0.15) is 11.5 Å². The maximum atomic E-state index is 6.14. The molecule has 1 N–H and O–H groups in total. The van der Waals surface area contributed by atoms with Crippen LogP contribution in [-0.4, -0.2) is 76.2 Å². The van der Waals surface area contributed by atoms with E-state index in [0.717, 1.165) is 82.5 Å². The molecule has 1 aromatic carbocycles. The first-order chi connectivity index (χ1) is 15.3. The third-order valence-corrected chi connectivity index (χ3v) is 5.74. The molecule has 2 aliphatic heterocycles. The maximum Gasteiger partial charge on any atom is 0.193 e. The van der Waals surface area contributed by atoms with Crippen molar-refractivity contribution in [3.63, 3.8) is 0 Å². The number of piperidine rings is 1. The standard InChI is InChI=1S/C24H39N3O4.HI/c1-3-25-24(26-13-7-17-29-22-10-6-9-21(18-22)28-2)27-14-11-20(12-15-27)31-19-23-8-4-5-16-30-23;/h6,9-10,18,20,23H,3-5,7-8,11-17,19H2,1-2H3,(H,25,26);1H. The number of benzene rings is 1. The van der Waals surface area contributed by atoms with Crippen LogP contribution < -0.4 is 14.8 Å². The Morgan fingerprint density at radius 3 is 2.72 bits per heavy atom. The number of halogens is 1. The largest absolute Gasteiger partial charge is 0.497 e. The Kier molecular flexibility index (Phi) is 13.1. The molecule has 8 heteroatoms. The van der Waals surface area contributed by atoms with E-state index in [1.807, 2.05) is 24.3 Å².